The van der Waals surface area contributed by atoms with Crippen molar-refractivity contribution < 1.29 is 9.90 Å². The number of hydrogen-bond acceptors (Lipinski definition) is 2. The van der Waals surface area contributed by atoms with Gasteiger partial charge in [-0.15, -0.1) is 0 Å². The lowest BCUT2D eigenvalue weighted by Gasteiger charge is -2.07. The Hall–Kier alpha value is -0.440. The molecule has 0 aromatic rings. The Balaban J connectivity index is 3.26. The van der Waals surface area contributed by atoms with E-state index in [1.54, 1.807) is 0 Å². The van der Waals surface area contributed by atoms with Crippen LogP contribution in [0.3, 0.4) is 0 Å². The van der Waals surface area contributed by atoms with E-state index in [1.807, 2.05) is 0 Å². The van der Waals surface area contributed by atoms with E-state index in [4.69, 9.17) is 5.11 Å². The fourth-order valence-corrected chi connectivity index (χ4v) is 2.67. The number of hydrogen-bond donors (Lipinski definition) is 2. The average molecular weight is 315 g/mol. The summed E-state index contributed by atoms with van der Waals surface area (Å²) in [5.41, 5.74) is 0. The van der Waals surface area contributed by atoms with Crippen molar-refractivity contribution in [2.24, 2.45) is 0 Å². The highest BCUT2D eigenvalue weighted by atomic mass is 32.1. The first-order valence-corrected chi connectivity index (χ1v) is 9.23. The third-order valence-electron chi connectivity index (χ3n) is 3.73. The molecule has 0 aliphatic rings. The molecule has 1 N–H and O–H groups in total. The van der Waals surface area contributed by atoms with Gasteiger partial charge in [0.25, 0.3) is 0 Å². The largest absolute Gasteiger partial charge is 0.481 e. The SMILES string of the molecule is CCCCCC[C@@H](S)CC=CCCCCCCCC(=O)O. The topological polar surface area (TPSA) is 37.3 Å². The summed E-state index contributed by atoms with van der Waals surface area (Å²) >= 11 is 4.63. The number of unbranched alkanes of at least 4 members (excludes halogenated alkanes) is 8. The predicted molar refractivity (Wildman–Crippen MR) is 95.2 cm³/mol. The van der Waals surface area contributed by atoms with Crippen molar-refractivity contribution in [2.45, 2.75) is 95.6 Å². The summed E-state index contributed by atoms with van der Waals surface area (Å²) in [6.07, 6.45) is 19.1. The van der Waals surface area contributed by atoms with Crippen molar-refractivity contribution in [3.05, 3.63) is 12.2 Å². The molecule has 124 valence electrons. The molecule has 0 spiro atoms. The van der Waals surface area contributed by atoms with Crippen LogP contribution in [0.4, 0.5) is 0 Å². The minimum absolute atomic E-state index is 0.321. The van der Waals surface area contributed by atoms with Crippen molar-refractivity contribution in [3.8, 4) is 0 Å². The van der Waals surface area contributed by atoms with Crippen LogP contribution < -0.4 is 0 Å². The molecule has 2 nitrogen and oxygen atoms in total. The van der Waals surface area contributed by atoms with Crippen LogP contribution in [0.5, 0.6) is 0 Å². The first kappa shape index (κ1) is 20.6. The van der Waals surface area contributed by atoms with E-state index in [9.17, 15) is 4.79 Å². The van der Waals surface area contributed by atoms with E-state index in [0.717, 1.165) is 32.1 Å². The van der Waals surface area contributed by atoms with Gasteiger partial charge in [-0.2, -0.15) is 12.6 Å². The first-order valence-electron chi connectivity index (χ1n) is 8.71. The molecule has 0 unspecified atom stereocenters. The Labute approximate surface area is 136 Å². The molecule has 0 aliphatic heterocycles. The average Bonchev–Trinajstić information content (AvgIpc) is 2.45. The Morgan fingerprint density at radius 2 is 1.67 bits per heavy atom. The van der Waals surface area contributed by atoms with Crippen LogP contribution in [0.1, 0.15) is 90.4 Å². The third-order valence-corrected chi connectivity index (χ3v) is 4.20. The molecule has 1 atom stereocenters. The summed E-state index contributed by atoms with van der Waals surface area (Å²) in [7, 11) is 0. The number of thiol groups is 1. The zero-order chi connectivity index (χ0) is 15.8. The first-order chi connectivity index (χ1) is 10.2. The molecule has 0 rings (SSSR count). The van der Waals surface area contributed by atoms with Crippen LogP contribution >= 0.6 is 12.6 Å². The van der Waals surface area contributed by atoms with Gasteiger partial charge in [0.15, 0.2) is 0 Å². The number of rotatable bonds is 15. The maximum Gasteiger partial charge on any atom is 0.303 e. The van der Waals surface area contributed by atoms with Crippen molar-refractivity contribution in [3.63, 3.8) is 0 Å². The number of carboxylic acids is 1. The molecular formula is C18H34O2S. The van der Waals surface area contributed by atoms with E-state index < -0.39 is 5.97 Å². The monoisotopic (exact) mass is 314 g/mol. The Morgan fingerprint density at radius 3 is 2.38 bits per heavy atom. The minimum Gasteiger partial charge on any atom is -0.481 e. The van der Waals surface area contributed by atoms with E-state index in [0.29, 0.717) is 11.7 Å². The van der Waals surface area contributed by atoms with Crippen molar-refractivity contribution in [1.29, 1.82) is 0 Å². The van der Waals surface area contributed by atoms with Gasteiger partial charge >= 0.3 is 5.97 Å². The predicted octanol–water partition coefficient (Wildman–Crippen LogP) is 6.02. The molecule has 0 aromatic carbocycles. The zero-order valence-corrected chi connectivity index (χ0v) is 14.6. The summed E-state index contributed by atoms with van der Waals surface area (Å²) < 4.78 is 0. The van der Waals surface area contributed by atoms with Gasteiger partial charge < -0.3 is 5.11 Å². The van der Waals surface area contributed by atoms with Gasteiger partial charge in [-0.1, -0.05) is 64.0 Å². The van der Waals surface area contributed by atoms with Gasteiger partial charge in [0.2, 0.25) is 0 Å². The van der Waals surface area contributed by atoms with Gasteiger partial charge in [0, 0.05) is 11.7 Å². The summed E-state index contributed by atoms with van der Waals surface area (Å²) in [5, 5.41) is 9.05. The van der Waals surface area contributed by atoms with Crippen LogP contribution in [0, 0.1) is 0 Å². The fraction of sp³-hybridized carbons (Fsp3) is 0.833. The summed E-state index contributed by atoms with van der Waals surface area (Å²) in [6, 6.07) is 0. The van der Waals surface area contributed by atoms with Crippen LogP contribution in [0.25, 0.3) is 0 Å². The summed E-state index contributed by atoms with van der Waals surface area (Å²) in [4.78, 5) is 10.3. The summed E-state index contributed by atoms with van der Waals surface area (Å²) in [5.74, 6) is -0.672. The number of allylic oxidation sites excluding steroid dienone is 2. The Kier molecular flexibility index (Phi) is 15.6. The second-order valence-electron chi connectivity index (χ2n) is 5.91. The van der Waals surface area contributed by atoms with E-state index in [1.165, 1.54) is 44.9 Å². The molecule has 0 fully saturated rings. The highest BCUT2D eigenvalue weighted by Crippen LogP contribution is 2.14. The Morgan fingerprint density at radius 1 is 1.00 bits per heavy atom. The molecule has 21 heavy (non-hydrogen) atoms. The second-order valence-corrected chi connectivity index (χ2v) is 6.64. The lowest BCUT2D eigenvalue weighted by molar-refractivity contribution is -0.137. The zero-order valence-electron chi connectivity index (χ0n) is 13.7. The van der Waals surface area contributed by atoms with Crippen molar-refractivity contribution in [1.82, 2.24) is 0 Å². The molecule has 3 heteroatoms. The van der Waals surface area contributed by atoms with Crippen LogP contribution in [0.2, 0.25) is 0 Å². The van der Waals surface area contributed by atoms with Gasteiger partial charge in [-0.25, -0.2) is 0 Å². The van der Waals surface area contributed by atoms with Gasteiger partial charge in [-0.3, -0.25) is 4.79 Å². The van der Waals surface area contributed by atoms with Gasteiger partial charge in [-0.05, 0) is 32.1 Å². The fourth-order valence-electron chi connectivity index (χ4n) is 2.36. The van der Waals surface area contributed by atoms with E-state index >= 15 is 0 Å². The maximum absolute atomic E-state index is 10.3. The smallest absolute Gasteiger partial charge is 0.303 e. The molecular weight excluding hydrogens is 280 g/mol. The highest BCUT2D eigenvalue weighted by molar-refractivity contribution is 7.80. The molecule has 0 aromatic heterocycles. The quantitative estimate of drug-likeness (QED) is 0.220. The molecule has 0 radical (unpaired) electrons. The van der Waals surface area contributed by atoms with Gasteiger partial charge in [0.05, 0.1) is 0 Å². The molecule has 0 bridgehead atoms. The van der Waals surface area contributed by atoms with Crippen molar-refractivity contribution >= 4 is 18.6 Å². The van der Waals surface area contributed by atoms with E-state index in [2.05, 4.69) is 31.7 Å². The third kappa shape index (κ3) is 17.5. The molecule has 0 saturated heterocycles. The normalized spacial score (nSPS) is 12.9. The highest BCUT2D eigenvalue weighted by Gasteiger charge is 2.00. The van der Waals surface area contributed by atoms with Crippen LogP contribution in [-0.2, 0) is 4.79 Å². The standard InChI is InChI=1S/C18H34O2S/c1-2-3-4-11-14-17(21)15-12-9-7-5-6-8-10-13-16-18(19)20/h9,12,17,21H,2-8,10-11,13-16H2,1H3,(H,19,20)/t17-/m1/s1. The number of carbonyl (C=O) groups is 1. The molecule has 0 amide bonds. The Bertz CT molecular complexity index is 264. The summed E-state index contributed by atoms with van der Waals surface area (Å²) in [6.45, 7) is 2.24. The molecule has 0 aliphatic carbocycles. The maximum atomic E-state index is 10.3. The minimum atomic E-state index is -0.672. The number of carboxylic acid groups (broad SMARTS) is 1. The van der Waals surface area contributed by atoms with E-state index in [-0.39, 0.29) is 0 Å². The second kappa shape index (κ2) is 15.9. The molecule has 0 saturated carbocycles. The molecule has 0 heterocycles. The van der Waals surface area contributed by atoms with Crippen LogP contribution in [-0.4, -0.2) is 16.3 Å². The lowest BCUT2D eigenvalue weighted by Crippen LogP contribution is -1.96. The van der Waals surface area contributed by atoms with Crippen LogP contribution in [0.15, 0.2) is 12.2 Å². The number of aliphatic carboxylic acids is 1. The lowest BCUT2D eigenvalue weighted by atomic mass is 10.1. The van der Waals surface area contributed by atoms with Crippen molar-refractivity contribution in [2.75, 3.05) is 0 Å². The van der Waals surface area contributed by atoms with Gasteiger partial charge in [0.1, 0.15) is 0 Å².